The lowest BCUT2D eigenvalue weighted by atomic mass is 10.0. The lowest BCUT2D eigenvalue weighted by molar-refractivity contribution is 0.0691. The molecule has 32 heavy (non-hydrogen) atoms. The van der Waals surface area contributed by atoms with Gasteiger partial charge in [0.25, 0.3) is 0 Å². The van der Waals surface area contributed by atoms with E-state index in [1.165, 1.54) is 6.07 Å². The van der Waals surface area contributed by atoms with Gasteiger partial charge in [0.15, 0.2) is 11.4 Å². The number of aromatic carboxylic acids is 1. The average molecular weight is 445 g/mol. The van der Waals surface area contributed by atoms with Crippen LogP contribution in [0.1, 0.15) is 40.3 Å². The Morgan fingerprint density at radius 2 is 1.91 bits per heavy atom. The van der Waals surface area contributed by atoms with Crippen LogP contribution in [0.25, 0.3) is 22.3 Å². The van der Waals surface area contributed by atoms with Crippen molar-refractivity contribution in [3.8, 4) is 17.3 Å². The van der Waals surface area contributed by atoms with Gasteiger partial charge >= 0.3 is 5.97 Å². The third-order valence-electron chi connectivity index (χ3n) is 4.91. The molecule has 0 fully saturated rings. The van der Waals surface area contributed by atoms with Gasteiger partial charge in [-0.2, -0.15) is 5.26 Å². The summed E-state index contributed by atoms with van der Waals surface area (Å²) in [6, 6.07) is 12.2. The molecule has 0 bridgehead atoms. The number of anilines is 1. The quantitative estimate of drug-likeness (QED) is 0.421. The van der Waals surface area contributed by atoms with E-state index in [0.29, 0.717) is 22.4 Å². The highest BCUT2D eigenvalue weighted by molar-refractivity contribution is 6.29. The molecule has 0 amide bonds. The highest BCUT2D eigenvalue weighted by Gasteiger charge is 2.19. The Morgan fingerprint density at radius 1 is 1.16 bits per heavy atom. The van der Waals surface area contributed by atoms with Crippen molar-refractivity contribution >= 4 is 34.3 Å². The van der Waals surface area contributed by atoms with Crippen molar-refractivity contribution in [2.45, 2.75) is 19.9 Å². The van der Waals surface area contributed by atoms with E-state index in [4.69, 9.17) is 16.6 Å². The van der Waals surface area contributed by atoms with Crippen LogP contribution in [0.5, 0.6) is 0 Å². The number of rotatable bonds is 5. The Morgan fingerprint density at radius 3 is 2.59 bits per heavy atom. The molecule has 158 valence electrons. The average Bonchev–Trinajstić information content (AvgIpc) is 2.79. The second kappa shape index (κ2) is 8.57. The number of aryl methyl sites for hydroxylation is 1. The van der Waals surface area contributed by atoms with E-state index < -0.39 is 5.97 Å². The predicted octanol–water partition coefficient (Wildman–Crippen LogP) is 4.79. The maximum Gasteiger partial charge on any atom is 0.356 e. The fourth-order valence-electron chi connectivity index (χ4n) is 3.48. The van der Waals surface area contributed by atoms with Crippen molar-refractivity contribution in [3.05, 3.63) is 76.5 Å². The summed E-state index contributed by atoms with van der Waals surface area (Å²) in [6.07, 6.45) is 3.26. The molecule has 0 spiro atoms. The number of pyridine rings is 2. The number of carboxylic acids is 1. The molecule has 0 aliphatic carbocycles. The summed E-state index contributed by atoms with van der Waals surface area (Å²) < 4.78 is 0. The Balaban J connectivity index is 1.86. The van der Waals surface area contributed by atoms with Crippen molar-refractivity contribution in [1.82, 2.24) is 19.9 Å². The number of carboxylic acid groups (broad SMARTS) is 1. The molecule has 1 atom stereocenters. The Bertz CT molecular complexity index is 1390. The van der Waals surface area contributed by atoms with Crippen LogP contribution in [-0.4, -0.2) is 31.0 Å². The van der Waals surface area contributed by atoms with Crippen molar-refractivity contribution in [2.24, 2.45) is 0 Å². The number of nitrogens with one attached hydrogen (secondary N) is 1. The Labute approximate surface area is 188 Å². The van der Waals surface area contributed by atoms with Gasteiger partial charge in [-0.1, -0.05) is 17.7 Å². The van der Waals surface area contributed by atoms with Crippen molar-refractivity contribution < 1.29 is 9.90 Å². The Kier molecular flexibility index (Phi) is 5.67. The second-order valence-corrected chi connectivity index (χ2v) is 7.58. The van der Waals surface area contributed by atoms with Gasteiger partial charge < -0.3 is 10.4 Å². The van der Waals surface area contributed by atoms with E-state index in [1.54, 1.807) is 30.6 Å². The maximum absolute atomic E-state index is 11.6. The van der Waals surface area contributed by atoms with Gasteiger partial charge in [-0.05, 0) is 49.7 Å². The number of hydrogen-bond donors (Lipinski definition) is 2. The van der Waals surface area contributed by atoms with Gasteiger partial charge in [-0.3, -0.25) is 4.98 Å². The maximum atomic E-state index is 11.6. The molecule has 0 saturated heterocycles. The fourth-order valence-corrected chi connectivity index (χ4v) is 3.62. The van der Waals surface area contributed by atoms with Crippen LogP contribution >= 0.6 is 11.6 Å². The van der Waals surface area contributed by atoms with E-state index in [-0.39, 0.29) is 22.6 Å². The number of nitrogens with zero attached hydrogens (tertiary/aromatic N) is 5. The van der Waals surface area contributed by atoms with Gasteiger partial charge in [0.2, 0.25) is 0 Å². The van der Waals surface area contributed by atoms with Crippen LogP contribution in [0.4, 0.5) is 5.69 Å². The summed E-state index contributed by atoms with van der Waals surface area (Å²) in [5, 5.41) is 22.4. The topological polar surface area (TPSA) is 125 Å². The zero-order chi connectivity index (χ0) is 22.8. The van der Waals surface area contributed by atoms with Crippen LogP contribution < -0.4 is 5.32 Å². The lowest BCUT2D eigenvalue weighted by Gasteiger charge is -2.19. The molecule has 0 unspecified atom stereocenters. The lowest BCUT2D eigenvalue weighted by Crippen LogP contribution is -2.13. The molecule has 1 aromatic carbocycles. The summed E-state index contributed by atoms with van der Waals surface area (Å²) in [5.41, 5.74) is 4.50. The van der Waals surface area contributed by atoms with Gasteiger partial charge in [-0.15, -0.1) is 0 Å². The highest BCUT2D eigenvalue weighted by Crippen LogP contribution is 2.30. The highest BCUT2D eigenvalue weighted by atomic mass is 35.5. The molecule has 8 nitrogen and oxygen atoms in total. The van der Waals surface area contributed by atoms with Crippen LogP contribution in [0.2, 0.25) is 5.15 Å². The van der Waals surface area contributed by atoms with E-state index >= 15 is 0 Å². The van der Waals surface area contributed by atoms with Gasteiger partial charge in [0.05, 0.1) is 22.8 Å². The van der Waals surface area contributed by atoms with Gasteiger partial charge in [0, 0.05) is 23.5 Å². The number of nitriles is 1. The van der Waals surface area contributed by atoms with Crippen LogP contribution in [0.15, 0.2) is 48.8 Å². The third kappa shape index (κ3) is 4.06. The normalized spacial score (nSPS) is 11.7. The first-order valence-corrected chi connectivity index (χ1v) is 10.0. The summed E-state index contributed by atoms with van der Waals surface area (Å²) in [6.45, 7) is 3.81. The van der Waals surface area contributed by atoms with E-state index in [1.807, 2.05) is 26.0 Å². The number of hydrogen-bond acceptors (Lipinski definition) is 7. The van der Waals surface area contributed by atoms with Gasteiger partial charge in [0.1, 0.15) is 16.9 Å². The molecule has 0 aliphatic rings. The SMILES string of the molecule is Cc1cc([C@@H](C)Nc2ccc(Cl)nc2C(=O)O)c2nc(-c3ccncc3)c(C#N)nc2c1. The van der Waals surface area contributed by atoms with E-state index in [0.717, 1.165) is 16.7 Å². The van der Waals surface area contributed by atoms with E-state index in [2.05, 4.69) is 26.3 Å². The molecular weight excluding hydrogens is 428 g/mol. The van der Waals surface area contributed by atoms with E-state index in [9.17, 15) is 15.2 Å². The minimum Gasteiger partial charge on any atom is -0.476 e. The first-order valence-electron chi connectivity index (χ1n) is 9.66. The first-order chi connectivity index (χ1) is 15.4. The molecule has 0 saturated carbocycles. The molecule has 4 aromatic rings. The van der Waals surface area contributed by atoms with Crippen LogP contribution in [0.3, 0.4) is 0 Å². The number of carbonyl (C=O) groups is 1. The summed E-state index contributed by atoms with van der Waals surface area (Å²) in [7, 11) is 0. The number of fused-ring (bicyclic) bond motifs is 1. The smallest absolute Gasteiger partial charge is 0.356 e. The summed E-state index contributed by atoms with van der Waals surface area (Å²) >= 11 is 5.87. The van der Waals surface area contributed by atoms with Crippen LogP contribution in [0, 0.1) is 18.3 Å². The molecule has 0 aliphatic heterocycles. The standard InChI is InChI=1S/C23H17ClN6O2/c1-12-9-15(13(2)27-16-3-4-19(24)29-22(16)23(31)32)21-17(10-12)28-18(11-25)20(30-21)14-5-7-26-8-6-14/h3-10,13,27H,1-2H3,(H,31,32)/t13-/m1/s1. The fraction of sp³-hybridized carbons (Fsp3) is 0.130. The monoisotopic (exact) mass is 444 g/mol. The van der Waals surface area contributed by atoms with Crippen molar-refractivity contribution in [1.29, 1.82) is 5.26 Å². The molecular formula is C23H17ClN6O2. The molecule has 4 rings (SSSR count). The number of aromatic nitrogens is 4. The molecule has 9 heteroatoms. The summed E-state index contributed by atoms with van der Waals surface area (Å²) in [4.78, 5) is 28.9. The zero-order valence-corrected chi connectivity index (χ0v) is 17.9. The molecule has 3 aromatic heterocycles. The van der Waals surface area contributed by atoms with Crippen molar-refractivity contribution in [3.63, 3.8) is 0 Å². The largest absolute Gasteiger partial charge is 0.476 e. The molecule has 3 heterocycles. The number of halogens is 1. The summed E-state index contributed by atoms with van der Waals surface area (Å²) in [5.74, 6) is -1.19. The minimum absolute atomic E-state index is 0.0958. The van der Waals surface area contributed by atoms with Crippen molar-refractivity contribution in [2.75, 3.05) is 5.32 Å². The third-order valence-corrected chi connectivity index (χ3v) is 5.12. The minimum atomic E-state index is -1.19. The predicted molar refractivity (Wildman–Crippen MR) is 120 cm³/mol. The second-order valence-electron chi connectivity index (χ2n) is 7.19. The van der Waals surface area contributed by atoms with Gasteiger partial charge in [-0.25, -0.2) is 19.7 Å². The first kappa shape index (κ1) is 21.2. The molecule has 0 radical (unpaired) electrons. The number of benzene rings is 1. The zero-order valence-electron chi connectivity index (χ0n) is 17.2. The molecule has 2 N–H and O–H groups in total. The Hall–Kier alpha value is -4.09. The van der Waals surface area contributed by atoms with Crippen LogP contribution in [-0.2, 0) is 0 Å².